The average molecular weight is 330 g/mol. The zero-order valence-electron chi connectivity index (χ0n) is 12.8. The van der Waals surface area contributed by atoms with Crippen LogP contribution in [0.1, 0.15) is 17.2 Å². The fourth-order valence-corrected chi connectivity index (χ4v) is 2.58. The van der Waals surface area contributed by atoms with Gasteiger partial charge in [0.15, 0.2) is 35.2 Å². The van der Waals surface area contributed by atoms with Gasteiger partial charge in [0.25, 0.3) is 0 Å². The number of aromatic hydroxyl groups is 2. The number of fused-ring (bicyclic) bond motifs is 1. The summed E-state index contributed by atoms with van der Waals surface area (Å²) in [6.07, 6.45) is 2.09. The van der Waals surface area contributed by atoms with Crippen molar-refractivity contribution >= 4 is 6.08 Å². The van der Waals surface area contributed by atoms with Gasteiger partial charge in [-0.1, -0.05) is 24.3 Å². The van der Waals surface area contributed by atoms with E-state index in [1.165, 1.54) is 12.1 Å². The van der Waals surface area contributed by atoms with Gasteiger partial charge in [-0.3, -0.25) is 0 Å². The lowest BCUT2D eigenvalue weighted by Gasteiger charge is -2.33. The first-order valence-corrected chi connectivity index (χ1v) is 7.50. The summed E-state index contributed by atoms with van der Waals surface area (Å²) in [7, 11) is 0. The van der Waals surface area contributed by atoms with Gasteiger partial charge in [0.2, 0.25) is 0 Å². The maximum atomic E-state index is 9.67. The first-order chi connectivity index (χ1) is 11.6. The van der Waals surface area contributed by atoms with Gasteiger partial charge in [0.1, 0.15) is 0 Å². The molecule has 3 rings (SSSR count). The molecule has 2 aromatic rings. The van der Waals surface area contributed by atoms with Crippen molar-refractivity contribution in [3.8, 4) is 23.0 Å². The number of benzene rings is 2. The molecule has 6 heteroatoms. The molecule has 0 fully saturated rings. The van der Waals surface area contributed by atoms with Crippen LogP contribution in [0.5, 0.6) is 23.0 Å². The second-order valence-electron chi connectivity index (χ2n) is 5.42. The van der Waals surface area contributed by atoms with Gasteiger partial charge in [0.05, 0.1) is 13.2 Å². The molecule has 2 aromatic carbocycles. The Morgan fingerprint density at radius 3 is 2.46 bits per heavy atom. The van der Waals surface area contributed by atoms with Crippen molar-refractivity contribution < 1.29 is 29.9 Å². The molecule has 0 aromatic heterocycles. The molecule has 0 saturated heterocycles. The molecule has 1 aliphatic heterocycles. The van der Waals surface area contributed by atoms with Crippen LogP contribution in [0.15, 0.2) is 42.5 Å². The van der Waals surface area contributed by atoms with E-state index in [0.29, 0.717) is 17.1 Å². The highest BCUT2D eigenvalue weighted by Gasteiger charge is 2.33. The number of ether oxygens (including phenoxy) is 2. The van der Waals surface area contributed by atoms with Crippen molar-refractivity contribution in [2.45, 2.75) is 12.2 Å². The highest BCUT2D eigenvalue weighted by molar-refractivity contribution is 5.56. The largest absolute Gasteiger partial charge is 0.504 e. The van der Waals surface area contributed by atoms with Gasteiger partial charge in [-0.2, -0.15) is 0 Å². The van der Waals surface area contributed by atoms with E-state index in [4.69, 9.17) is 14.6 Å². The van der Waals surface area contributed by atoms with E-state index in [1.807, 2.05) is 6.07 Å². The first-order valence-electron chi connectivity index (χ1n) is 7.50. The van der Waals surface area contributed by atoms with Crippen molar-refractivity contribution in [1.82, 2.24) is 0 Å². The van der Waals surface area contributed by atoms with Crippen molar-refractivity contribution in [2.75, 3.05) is 13.2 Å². The third-order valence-electron chi connectivity index (χ3n) is 3.76. The minimum Gasteiger partial charge on any atom is -0.504 e. The third-order valence-corrected chi connectivity index (χ3v) is 3.76. The minimum atomic E-state index is -0.654. The Morgan fingerprint density at radius 1 is 0.917 bits per heavy atom. The quantitative estimate of drug-likeness (QED) is 0.640. The predicted octanol–water partition coefficient (Wildman–Crippen LogP) is 1.98. The van der Waals surface area contributed by atoms with Crippen LogP contribution in [0, 0.1) is 0 Å². The summed E-state index contributed by atoms with van der Waals surface area (Å²) >= 11 is 0. The molecule has 0 amide bonds. The van der Waals surface area contributed by atoms with Gasteiger partial charge in [-0.15, -0.1) is 0 Å². The van der Waals surface area contributed by atoms with Crippen LogP contribution in [-0.2, 0) is 0 Å². The molecular weight excluding hydrogens is 312 g/mol. The summed E-state index contributed by atoms with van der Waals surface area (Å²) in [4.78, 5) is 0. The second kappa shape index (κ2) is 6.82. The van der Waals surface area contributed by atoms with E-state index in [-0.39, 0.29) is 24.7 Å². The molecule has 0 saturated carbocycles. The number of phenolic OH excluding ortho intramolecular Hbond substituents is 2. The molecule has 6 nitrogen and oxygen atoms in total. The van der Waals surface area contributed by atoms with Crippen LogP contribution in [0.3, 0.4) is 0 Å². The summed E-state index contributed by atoms with van der Waals surface area (Å²) in [6, 6.07) is 9.67. The highest BCUT2D eigenvalue weighted by Crippen LogP contribution is 2.41. The van der Waals surface area contributed by atoms with Crippen molar-refractivity contribution in [3.05, 3.63) is 53.6 Å². The Hall–Kier alpha value is -2.70. The van der Waals surface area contributed by atoms with Crippen LogP contribution in [0.2, 0.25) is 0 Å². The molecule has 0 radical (unpaired) electrons. The van der Waals surface area contributed by atoms with Crippen LogP contribution in [0.25, 0.3) is 6.08 Å². The summed E-state index contributed by atoms with van der Waals surface area (Å²) in [6.45, 7) is -0.331. The van der Waals surface area contributed by atoms with E-state index in [0.717, 1.165) is 5.56 Å². The van der Waals surface area contributed by atoms with Gasteiger partial charge in [0, 0.05) is 5.56 Å². The van der Waals surface area contributed by atoms with E-state index in [9.17, 15) is 15.3 Å². The lowest BCUT2D eigenvalue weighted by atomic mass is 10.0. The zero-order chi connectivity index (χ0) is 17.1. The minimum absolute atomic E-state index is 0.0554. The maximum Gasteiger partial charge on any atom is 0.163 e. The topological polar surface area (TPSA) is 99.4 Å². The first kappa shape index (κ1) is 16.2. The van der Waals surface area contributed by atoms with Crippen LogP contribution < -0.4 is 9.47 Å². The van der Waals surface area contributed by atoms with Crippen LogP contribution in [-0.4, -0.2) is 39.7 Å². The molecule has 0 aliphatic carbocycles. The molecule has 2 atom stereocenters. The Morgan fingerprint density at radius 2 is 1.75 bits per heavy atom. The number of aliphatic hydroxyl groups is 2. The fourth-order valence-electron chi connectivity index (χ4n) is 2.58. The number of phenols is 2. The second-order valence-corrected chi connectivity index (χ2v) is 5.42. The highest BCUT2D eigenvalue weighted by atomic mass is 16.6. The lowest BCUT2D eigenvalue weighted by Crippen LogP contribution is -2.36. The molecule has 0 bridgehead atoms. The van der Waals surface area contributed by atoms with Crippen LogP contribution in [0.4, 0.5) is 0 Å². The van der Waals surface area contributed by atoms with E-state index < -0.39 is 12.2 Å². The predicted molar refractivity (Wildman–Crippen MR) is 87.2 cm³/mol. The van der Waals surface area contributed by atoms with Crippen molar-refractivity contribution in [2.24, 2.45) is 0 Å². The van der Waals surface area contributed by atoms with Crippen LogP contribution >= 0.6 is 0 Å². The number of hydrogen-bond donors (Lipinski definition) is 4. The molecule has 24 heavy (non-hydrogen) atoms. The summed E-state index contributed by atoms with van der Waals surface area (Å²) in [5.41, 5.74) is 1.42. The summed E-state index contributed by atoms with van der Waals surface area (Å²) in [5, 5.41) is 37.5. The smallest absolute Gasteiger partial charge is 0.163 e. The molecular formula is C18H18O6. The maximum absolute atomic E-state index is 9.67. The summed E-state index contributed by atoms with van der Waals surface area (Å²) < 4.78 is 11.7. The fraction of sp³-hybridized carbons (Fsp3) is 0.222. The SMILES string of the molecule is OCC=Cc1ccc2c(c1)O[C@H](CO)[C@@H](c1ccc(O)c(O)c1)O2. The number of rotatable bonds is 4. The van der Waals surface area contributed by atoms with E-state index in [2.05, 4.69) is 0 Å². The van der Waals surface area contributed by atoms with E-state index in [1.54, 1.807) is 30.4 Å². The normalized spacial score (nSPS) is 19.6. The third kappa shape index (κ3) is 3.15. The Labute approximate surface area is 138 Å². The van der Waals surface area contributed by atoms with Gasteiger partial charge < -0.3 is 29.9 Å². The van der Waals surface area contributed by atoms with Gasteiger partial charge in [-0.05, 0) is 29.8 Å². The molecule has 4 N–H and O–H groups in total. The number of hydrogen-bond acceptors (Lipinski definition) is 6. The summed E-state index contributed by atoms with van der Waals surface area (Å²) in [5.74, 6) is 0.520. The lowest BCUT2D eigenvalue weighted by molar-refractivity contribution is -0.0124. The van der Waals surface area contributed by atoms with Crippen molar-refractivity contribution in [1.29, 1.82) is 0 Å². The van der Waals surface area contributed by atoms with Gasteiger partial charge >= 0.3 is 0 Å². The Balaban J connectivity index is 1.92. The van der Waals surface area contributed by atoms with E-state index >= 15 is 0 Å². The molecule has 1 aliphatic rings. The molecule has 0 unspecified atom stereocenters. The Bertz CT molecular complexity index is 755. The Kier molecular flexibility index (Phi) is 4.59. The van der Waals surface area contributed by atoms with Gasteiger partial charge in [-0.25, -0.2) is 0 Å². The zero-order valence-corrected chi connectivity index (χ0v) is 12.8. The standard InChI is InChI=1S/C18H18O6/c19-7-1-2-11-3-6-15-16(8-11)23-17(10-20)18(24-15)12-4-5-13(21)14(22)9-12/h1-6,8-9,17-22H,7,10H2/t17-,18-/m1/s1. The molecule has 0 spiro atoms. The number of aliphatic hydroxyl groups excluding tert-OH is 2. The van der Waals surface area contributed by atoms with Crippen molar-refractivity contribution in [3.63, 3.8) is 0 Å². The molecule has 126 valence electrons. The average Bonchev–Trinajstić information content (AvgIpc) is 2.61. The monoisotopic (exact) mass is 330 g/mol. The molecule has 1 heterocycles.